The Labute approximate surface area is 54.2 Å². The van der Waals surface area contributed by atoms with Crippen molar-refractivity contribution in [2.24, 2.45) is 11.7 Å². The van der Waals surface area contributed by atoms with Gasteiger partial charge in [-0.3, -0.25) is 4.79 Å². The van der Waals surface area contributed by atoms with Crippen molar-refractivity contribution < 1.29 is 9.53 Å². The molecule has 0 bridgehead atoms. The fourth-order valence-electron chi connectivity index (χ4n) is 0.798. The minimum Gasteiger partial charge on any atom is -0.381 e. The third-order valence-electron chi connectivity index (χ3n) is 1.51. The Kier molecular flexibility index (Phi) is 2.05. The SMILES string of the molecule is NC(=O)CCC1COC1. The van der Waals surface area contributed by atoms with Crippen LogP contribution in [0.25, 0.3) is 0 Å². The van der Waals surface area contributed by atoms with E-state index in [0.717, 1.165) is 19.6 Å². The fraction of sp³-hybridized carbons (Fsp3) is 0.833. The first-order valence-electron chi connectivity index (χ1n) is 3.15. The molecule has 2 N–H and O–H groups in total. The number of hydrogen-bond donors (Lipinski definition) is 1. The summed E-state index contributed by atoms with van der Waals surface area (Å²) in [5.74, 6) is 0.388. The summed E-state index contributed by atoms with van der Waals surface area (Å²) in [5, 5.41) is 0. The normalized spacial score (nSPS) is 19.1. The van der Waals surface area contributed by atoms with Gasteiger partial charge in [0.05, 0.1) is 13.2 Å². The summed E-state index contributed by atoms with van der Waals surface area (Å²) in [6.07, 6.45) is 1.41. The van der Waals surface area contributed by atoms with E-state index in [1.807, 2.05) is 0 Å². The van der Waals surface area contributed by atoms with Crippen LogP contribution in [-0.4, -0.2) is 19.1 Å². The van der Waals surface area contributed by atoms with Crippen LogP contribution in [0.4, 0.5) is 0 Å². The van der Waals surface area contributed by atoms with Crippen LogP contribution in [-0.2, 0) is 9.53 Å². The molecular formula is C6H11NO2. The number of nitrogens with two attached hydrogens (primary N) is 1. The van der Waals surface area contributed by atoms with E-state index in [1.54, 1.807) is 0 Å². The van der Waals surface area contributed by atoms with Crippen LogP contribution in [0.5, 0.6) is 0 Å². The number of primary amides is 1. The Morgan fingerprint density at radius 1 is 1.67 bits per heavy atom. The van der Waals surface area contributed by atoms with E-state index in [1.165, 1.54) is 0 Å². The highest BCUT2D eigenvalue weighted by atomic mass is 16.5. The number of carbonyl (C=O) groups excluding carboxylic acids is 1. The van der Waals surface area contributed by atoms with Crippen molar-refractivity contribution in [1.82, 2.24) is 0 Å². The molecule has 1 rings (SSSR count). The first kappa shape index (κ1) is 6.55. The summed E-state index contributed by atoms with van der Waals surface area (Å²) in [6.45, 7) is 1.63. The van der Waals surface area contributed by atoms with Crippen molar-refractivity contribution in [1.29, 1.82) is 0 Å². The molecule has 1 aliphatic heterocycles. The summed E-state index contributed by atoms with van der Waals surface area (Å²) in [7, 11) is 0. The molecule has 0 aromatic rings. The van der Waals surface area contributed by atoms with E-state index >= 15 is 0 Å². The zero-order valence-electron chi connectivity index (χ0n) is 5.30. The monoisotopic (exact) mass is 129 g/mol. The van der Waals surface area contributed by atoms with Gasteiger partial charge >= 0.3 is 0 Å². The number of ether oxygens (including phenoxy) is 1. The predicted octanol–water partition coefficient (Wildman–Crippen LogP) is -0.102. The smallest absolute Gasteiger partial charge is 0.217 e. The van der Waals surface area contributed by atoms with Gasteiger partial charge < -0.3 is 10.5 Å². The average molecular weight is 129 g/mol. The quantitative estimate of drug-likeness (QED) is 0.578. The molecule has 0 saturated carbocycles. The molecule has 3 nitrogen and oxygen atoms in total. The largest absolute Gasteiger partial charge is 0.381 e. The Hall–Kier alpha value is -0.570. The van der Waals surface area contributed by atoms with Crippen molar-refractivity contribution in [2.75, 3.05) is 13.2 Å². The van der Waals surface area contributed by atoms with Crippen molar-refractivity contribution in [3.8, 4) is 0 Å². The zero-order chi connectivity index (χ0) is 6.69. The maximum absolute atomic E-state index is 10.2. The van der Waals surface area contributed by atoms with Crippen LogP contribution >= 0.6 is 0 Å². The third kappa shape index (κ3) is 2.01. The van der Waals surface area contributed by atoms with Crippen LogP contribution < -0.4 is 5.73 Å². The van der Waals surface area contributed by atoms with Gasteiger partial charge in [-0.05, 0) is 6.42 Å². The summed E-state index contributed by atoms with van der Waals surface area (Å²) >= 11 is 0. The highest BCUT2D eigenvalue weighted by molar-refractivity contribution is 5.73. The summed E-state index contributed by atoms with van der Waals surface area (Å²) in [6, 6.07) is 0. The molecule has 0 atom stereocenters. The lowest BCUT2D eigenvalue weighted by Gasteiger charge is -2.24. The van der Waals surface area contributed by atoms with Gasteiger partial charge in [0.1, 0.15) is 0 Å². The van der Waals surface area contributed by atoms with Gasteiger partial charge in [0.25, 0.3) is 0 Å². The molecule has 0 radical (unpaired) electrons. The topological polar surface area (TPSA) is 52.3 Å². The summed E-state index contributed by atoms with van der Waals surface area (Å²) < 4.78 is 4.92. The van der Waals surface area contributed by atoms with Gasteiger partial charge in [0.2, 0.25) is 5.91 Å². The van der Waals surface area contributed by atoms with E-state index < -0.39 is 0 Å². The minimum absolute atomic E-state index is 0.207. The van der Waals surface area contributed by atoms with Crippen LogP contribution in [0.15, 0.2) is 0 Å². The lowest BCUT2D eigenvalue weighted by Crippen LogP contribution is -2.28. The van der Waals surface area contributed by atoms with Crippen LogP contribution in [0.3, 0.4) is 0 Å². The lowest BCUT2D eigenvalue weighted by atomic mass is 10.0. The molecule has 0 spiro atoms. The lowest BCUT2D eigenvalue weighted by molar-refractivity contribution is -0.119. The van der Waals surface area contributed by atoms with Crippen LogP contribution in [0.2, 0.25) is 0 Å². The first-order chi connectivity index (χ1) is 4.29. The van der Waals surface area contributed by atoms with E-state index in [4.69, 9.17) is 10.5 Å². The second kappa shape index (κ2) is 2.82. The average Bonchev–Trinajstić information content (AvgIpc) is 1.60. The molecule has 0 aromatic carbocycles. The Morgan fingerprint density at radius 2 is 2.33 bits per heavy atom. The second-order valence-electron chi connectivity index (χ2n) is 2.41. The number of hydrogen-bond acceptors (Lipinski definition) is 2. The number of rotatable bonds is 3. The standard InChI is InChI=1S/C6H11NO2/c7-6(8)2-1-5-3-9-4-5/h5H,1-4H2,(H2,7,8). The Morgan fingerprint density at radius 3 is 2.67 bits per heavy atom. The van der Waals surface area contributed by atoms with Gasteiger partial charge in [-0.25, -0.2) is 0 Å². The fourth-order valence-corrected chi connectivity index (χ4v) is 0.798. The maximum atomic E-state index is 10.2. The van der Waals surface area contributed by atoms with Gasteiger partial charge in [-0.2, -0.15) is 0 Å². The van der Waals surface area contributed by atoms with E-state index in [0.29, 0.717) is 12.3 Å². The van der Waals surface area contributed by atoms with Crippen LogP contribution in [0, 0.1) is 5.92 Å². The zero-order valence-corrected chi connectivity index (χ0v) is 5.30. The molecule has 9 heavy (non-hydrogen) atoms. The molecule has 1 amide bonds. The molecule has 1 aliphatic rings. The molecule has 0 unspecified atom stereocenters. The highest BCUT2D eigenvalue weighted by Crippen LogP contribution is 2.15. The first-order valence-corrected chi connectivity index (χ1v) is 3.15. The summed E-state index contributed by atoms with van der Waals surface area (Å²) in [4.78, 5) is 10.2. The van der Waals surface area contributed by atoms with Gasteiger partial charge in [0, 0.05) is 12.3 Å². The van der Waals surface area contributed by atoms with Crippen LogP contribution in [0.1, 0.15) is 12.8 Å². The molecule has 0 aromatic heterocycles. The molecular weight excluding hydrogens is 118 g/mol. The molecule has 52 valence electrons. The molecule has 1 fully saturated rings. The molecule has 0 aliphatic carbocycles. The molecule has 1 heterocycles. The Balaban J connectivity index is 1.97. The van der Waals surface area contributed by atoms with Gasteiger partial charge in [0.15, 0.2) is 0 Å². The van der Waals surface area contributed by atoms with E-state index in [2.05, 4.69) is 0 Å². The van der Waals surface area contributed by atoms with E-state index in [9.17, 15) is 4.79 Å². The van der Waals surface area contributed by atoms with Crippen molar-refractivity contribution in [2.45, 2.75) is 12.8 Å². The second-order valence-corrected chi connectivity index (χ2v) is 2.41. The Bertz CT molecular complexity index is 110. The number of amides is 1. The predicted molar refractivity (Wildman–Crippen MR) is 32.7 cm³/mol. The molecule has 3 heteroatoms. The van der Waals surface area contributed by atoms with E-state index in [-0.39, 0.29) is 5.91 Å². The van der Waals surface area contributed by atoms with Gasteiger partial charge in [-0.1, -0.05) is 0 Å². The van der Waals surface area contributed by atoms with Crippen molar-refractivity contribution in [3.63, 3.8) is 0 Å². The highest BCUT2D eigenvalue weighted by Gasteiger charge is 2.18. The minimum atomic E-state index is -0.207. The molecule has 1 saturated heterocycles. The van der Waals surface area contributed by atoms with Gasteiger partial charge in [-0.15, -0.1) is 0 Å². The third-order valence-corrected chi connectivity index (χ3v) is 1.51. The van der Waals surface area contributed by atoms with Crippen molar-refractivity contribution >= 4 is 5.91 Å². The maximum Gasteiger partial charge on any atom is 0.217 e. The summed E-state index contributed by atoms with van der Waals surface area (Å²) in [5.41, 5.74) is 4.94. The van der Waals surface area contributed by atoms with Crippen molar-refractivity contribution in [3.05, 3.63) is 0 Å². The number of carbonyl (C=O) groups is 1.